The second kappa shape index (κ2) is 9.34. The van der Waals surface area contributed by atoms with Gasteiger partial charge in [0.15, 0.2) is 0 Å². The Bertz CT molecular complexity index is 2550. The summed E-state index contributed by atoms with van der Waals surface area (Å²) in [4.78, 5) is 0. The number of benzene rings is 8. The van der Waals surface area contributed by atoms with Gasteiger partial charge in [-0.25, -0.2) is 0 Å². The van der Waals surface area contributed by atoms with Crippen LogP contribution in [0.1, 0.15) is 0 Å². The molecule has 44 heavy (non-hydrogen) atoms. The first kappa shape index (κ1) is 24.6. The van der Waals surface area contributed by atoms with Crippen LogP contribution in [0.15, 0.2) is 152 Å². The van der Waals surface area contributed by atoms with Crippen LogP contribution in [0.3, 0.4) is 0 Å². The molecule has 1 aromatic heterocycles. The minimum absolute atomic E-state index is 0.758. The first-order valence-corrected chi connectivity index (χ1v) is 17.3. The van der Waals surface area contributed by atoms with Gasteiger partial charge in [-0.1, -0.05) is 127 Å². The summed E-state index contributed by atoms with van der Waals surface area (Å²) in [5.41, 5.74) is 5.45. The van der Waals surface area contributed by atoms with E-state index in [0.717, 1.165) is 0 Å². The summed E-state index contributed by atoms with van der Waals surface area (Å²) in [6.45, 7) is 0. The minimum Gasteiger partial charge on any atom is -0.135 e. The maximum atomic E-state index is 2.49. The van der Waals surface area contributed by atoms with Gasteiger partial charge in [-0.2, -0.15) is 0 Å². The second-order valence-corrected chi connectivity index (χ2v) is 15.1. The van der Waals surface area contributed by atoms with Gasteiger partial charge in [0, 0.05) is 20.2 Å². The molecule has 1 aliphatic carbocycles. The Morgan fingerprint density at radius 1 is 0.341 bits per heavy atom. The molecule has 0 saturated carbocycles. The van der Waals surface area contributed by atoms with Crippen LogP contribution in [0, 0.1) is 0 Å². The van der Waals surface area contributed by atoms with E-state index >= 15 is 0 Å². The molecule has 0 fully saturated rings. The highest BCUT2D eigenvalue weighted by atomic mass is 32.1. The van der Waals surface area contributed by atoms with Crippen molar-refractivity contribution in [3.05, 3.63) is 152 Å². The highest BCUT2D eigenvalue weighted by Crippen LogP contribution is 2.51. The van der Waals surface area contributed by atoms with Crippen molar-refractivity contribution >= 4 is 87.7 Å². The van der Waals surface area contributed by atoms with Crippen molar-refractivity contribution in [2.45, 2.75) is 0 Å². The van der Waals surface area contributed by atoms with Crippen LogP contribution in [-0.4, -0.2) is 0 Å². The minimum atomic E-state index is -0.758. The number of fused-ring (bicyclic) bond motifs is 9. The predicted octanol–water partition coefficient (Wildman–Crippen LogP) is 10.9. The molecule has 1 aliphatic rings. The van der Waals surface area contributed by atoms with Crippen molar-refractivity contribution < 1.29 is 0 Å². The van der Waals surface area contributed by atoms with E-state index in [1.54, 1.807) is 0 Å². The van der Waals surface area contributed by atoms with Crippen molar-refractivity contribution in [3.63, 3.8) is 0 Å². The summed E-state index contributed by atoms with van der Waals surface area (Å²) in [7, 11) is -0.758. The monoisotopic (exact) mass is 592 g/mol. The molecule has 0 aliphatic heterocycles. The molecule has 0 amide bonds. The van der Waals surface area contributed by atoms with Gasteiger partial charge in [0.1, 0.15) is 0 Å². The predicted molar refractivity (Wildman–Crippen MR) is 195 cm³/mol. The molecule has 0 N–H and O–H groups in total. The van der Waals surface area contributed by atoms with Crippen LogP contribution in [0.25, 0.3) is 74.7 Å². The third kappa shape index (κ3) is 3.55. The van der Waals surface area contributed by atoms with E-state index in [2.05, 4.69) is 152 Å². The van der Waals surface area contributed by atoms with Gasteiger partial charge >= 0.3 is 0 Å². The molecule has 204 valence electrons. The quantitative estimate of drug-likeness (QED) is 0.179. The molecule has 2 heteroatoms. The van der Waals surface area contributed by atoms with Gasteiger partial charge in [0.25, 0.3) is 0 Å². The first-order valence-electron chi connectivity index (χ1n) is 15.1. The lowest BCUT2D eigenvalue weighted by Crippen LogP contribution is -2.20. The van der Waals surface area contributed by atoms with E-state index < -0.39 is 7.92 Å². The zero-order chi connectivity index (χ0) is 28.8. The molecule has 0 spiro atoms. The van der Waals surface area contributed by atoms with Gasteiger partial charge in [0.05, 0.1) is 0 Å². The fourth-order valence-electron chi connectivity index (χ4n) is 7.35. The Hall–Kier alpha value is -4.81. The molecule has 8 aromatic carbocycles. The molecule has 1 heterocycles. The van der Waals surface area contributed by atoms with Gasteiger partial charge < -0.3 is 0 Å². The Morgan fingerprint density at radius 2 is 0.909 bits per heavy atom. The smallest absolute Gasteiger partial charge is 0.0368 e. The molecule has 9 aromatic rings. The normalized spacial score (nSPS) is 12.3. The Morgan fingerprint density at radius 3 is 1.61 bits per heavy atom. The highest BCUT2D eigenvalue weighted by molar-refractivity contribution is 7.79. The van der Waals surface area contributed by atoms with E-state index in [-0.39, 0.29) is 0 Å². The number of hydrogen-bond donors (Lipinski definition) is 0. The summed E-state index contributed by atoms with van der Waals surface area (Å²) in [6.07, 6.45) is 0. The van der Waals surface area contributed by atoms with Crippen molar-refractivity contribution in [3.8, 4) is 22.3 Å². The summed E-state index contributed by atoms with van der Waals surface area (Å²) >= 11 is 1.94. The molecule has 10 rings (SSSR count). The highest BCUT2D eigenvalue weighted by Gasteiger charge is 2.24. The lowest BCUT2D eigenvalue weighted by Gasteiger charge is -2.21. The van der Waals surface area contributed by atoms with Gasteiger partial charge in [0.2, 0.25) is 0 Å². The summed E-state index contributed by atoms with van der Waals surface area (Å²) in [5, 5.41) is 14.9. The van der Waals surface area contributed by atoms with Crippen LogP contribution in [0.2, 0.25) is 0 Å². The zero-order valence-corrected chi connectivity index (χ0v) is 25.5. The SMILES string of the molecule is c1ccc2c(c1)-c1cccc3c1c-2cc1sc2cc(P(c4ccc5ccccc5c4)c4ccc5ccccc5c4)ccc2c13. The average molecular weight is 593 g/mol. The molecule has 0 saturated heterocycles. The first-order chi connectivity index (χ1) is 21.8. The van der Waals surface area contributed by atoms with E-state index in [4.69, 9.17) is 0 Å². The van der Waals surface area contributed by atoms with Crippen molar-refractivity contribution in [2.24, 2.45) is 0 Å². The Balaban J connectivity index is 1.21. The zero-order valence-electron chi connectivity index (χ0n) is 23.8. The molecular weight excluding hydrogens is 568 g/mol. The summed E-state index contributed by atoms with van der Waals surface area (Å²) < 4.78 is 2.73. The van der Waals surface area contributed by atoms with Crippen LogP contribution in [-0.2, 0) is 0 Å². The van der Waals surface area contributed by atoms with Crippen LogP contribution in [0.4, 0.5) is 0 Å². The van der Waals surface area contributed by atoms with E-state index in [1.165, 1.54) is 90.7 Å². The third-order valence-electron chi connectivity index (χ3n) is 9.33. The largest absolute Gasteiger partial charge is 0.135 e. The fraction of sp³-hybridized carbons (Fsp3) is 0. The Labute approximate surface area is 260 Å². The molecule has 0 unspecified atom stereocenters. The lowest BCUT2D eigenvalue weighted by molar-refractivity contribution is 1.70. The molecule has 0 atom stereocenters. The summed E-state index contributed by atoms with van der Waals surface area (Å²) in [6, 6.07) is 57.0. The van der Waals surface area contributed by atoms with Gasteiger partial charge in [-0.15, -0.1) is 11.3 Å². The van der Waals surface area contributed by atoms with Gasteiger partial charge in [-0.3, -0.25) is 0 Å². The van der Waals surface area contributed by atoms with E-state index in [0.29, 0.717) is 0 Å². The maximum Gasteiger partial charge on any atom is 0.0368 e. The van der Waals surface area contributed by atoms with Gasteiger partial charge in [-0.05, 0) is 103 Å². The van der Waals surface area contributed by atoms with Crippen LogP contribution >= 0.6 is 19.3 Å². The van der Waals surface area contributed by atoms with Crippen molar-refractivity contribution in [1.29, 1.82) is 0 Å². The number of hydrogen-bond acceptors (Lipinski definition) is 1. The van der Waals surface area contributed by atoms with E-state index in [1.807, 2.05) is 11.3 Å². The number of thiophene rings is 1. The molecule has 0 nitrogen and oxygen atoms in total. The van der Waals surface area contributed by atoms with Crippen LogP contribution in [0.5, 0.6) is 0 Å². The lowest BCUT2D eigenvalue weighted by atomic mass is 9.98. The Kier molecular flexibility index (Phi) is 5.23. The molecule has 0 bridgehead atoms. The third-order valence-corrected chi connectivity index (χ3v) is 12.8. The second-order valence-electron chi connectivity index (χ2n) is 11.8. The number of rotatable bonds is 3. The van der Waals surface area contributed by atoms with E-state index in [9.17, 15) is 0 Å². The molecule has 0 radical (unpaired) electrons. The maximum absolute atomic E-state index is 2.49. The molecular formula is C42H25PS. The topological polar surface area (TPSA) is 0 Å². The van der Waals surface area contributed by atoms with Crippen molar-refractivity contribution in [1.82, 2.24) is 0 Å². The summed E-state index contributed by atoms with van der Waals surface area (Å²) in [5.74, 6) is 0. The average Bonchev–Trinajstić information content (AvgIpc) is 3.61. The van der Waals surface area contributed by atoms with Crippen molar-refractivity contribution in [2.75, 3.05) is 0 Å². The fourth-order valence-corrected chi connectivity index (χ4v) is 11.0. The van der Waals surface area contributed by atoms with Crippen LogP contribution < -0.4 is 15.9 Å². The standard InChI is InChI=1S/C42H25PS/c1-3-10-28-22-30(18-16-26(28)8-1)43(31-19-17-27-9-2-4-11-29(27)23-31)32-20-21-36-39(24-32)44-40-25-38-34-13-6-5-12-33(34)35-14-7-15-37(41(35)38)42(36)40/h1-25H.